The van der Waals surface area contributed by atoms with Gasteiger partial charge in [-0.05, 0) is 49.8 Å². The maximum Gasteiger partial charge on any atom is 0.225 e. The standard InChI is InChI=1S/C18H23FN2O2/c19-16-7-3-13(4-8-16)9-10-20-17(22)15-2-1-11-21(12-15)18(23)14-5-6-14/h3-4,7-8,14-15H,1-2,5-6,9-12H2,(H,20,22)/t15-/m1/s1. The molecule has 0 radical (unpaired) electrons. The maximum atomic E-state index is 12.8. The van der Waals surface area contributed by atoms with Gasteiger partial charge in [0, 0.05) is 25.6 Å². The van der Waals surface area contributed by atoms with Crippen LogP contribution >= 0.6 is 0 Å². The van der Waals surface area contributed by atoms with Crippen molar-refractivity contribution >= 4 is 11.8 Å². The third-order valence-corrected chi connectivity index (χ3v) is 4.66. The molecule has 0 bridgehead atoms. The van der Waals surface area contributed by atoms with E-state index in [9.17, 15) is 14.0 Å². The minimum absolute atomic E-state index is 0.0282. The Bertz CT molecular complexity index is 569. The lowest BCUT2D eigenvalue weighted by Gasteiger charge is -2.32. The fourth-order valence-electron chi connectivity index (χ4n) is 3.11. The molecular weight excluding hydrogens is 295 g/mol. The molecule has 1 saturated carbocycles. The van der Waals surface area contributed by atoms with Crippen molar-refractivity contribution in [2.75, 3.05) is 19.6 Å². The number of amides is 2. The quantitative estimate of drug-likeness (QED) is 0.904. The Kier molecular flexibility index (Phi) is 4.94. The van der Waals surface area contributed by atoms with Crippen LogP contribution in [0.5, 0.6) is 0 Å². The fourth-order valence-corrected chi connectivity index (χ4v) is 3.11. The molecule has 1 atom stereocenters. The first-order valence-corrected chi connectivity index (χ1v) is 8.44. The minimum atomic E-state index is -0.250. The number of rotatable bonds is 5. The van der Waals surface area contributed by atoms with Gasteiger partial charge >= 0.3 is 0 Å². The molecule has 1 aromatic carbocycles. The number of piperidine rings is 1. The Morgan fingerprint density at radius 2 is 1.87 bits per heavy atom. The van der Waals surface area contributed by atoms with Crippen LogP contribution in [0, 0.1) is 17.7 Å². The second kappa shape index (κ2) is 7.11. The van der Waals surface area contributed by atoms with E-state index < -0.39 is 0 Å². The second-order valence-electron chi connectivity index (χ2n) is 6.57. The van der Waals surface area contributed by atoms with E-state index in [0.29, 0.717) is 19.5 Å². The highest BCUT2D eigenvalue weighted by Crippen LogP contribution is 2.32. The lowest BCUT2D eigenvalue weighted by molar-refractivity contribution is -0.136. The van der Waals surface area contributed by atoms with Crippen molar-refractivity contribution in [3.05, 3.63) is 35.6 Å². The summed E-state index contributed by atoms with van der Waals surface area (Å²) >= 11 is 0. The highest BCUT2D eigenvalue weighted by molar-refractivity contribution is 5.83. The van der Waals surface area contributed by atoms with Crippen LogP contribution in [0.15, 0.2) is 24.3 Å². The van der Waals surface area contributed by atoms with Crippen LogP contribution < -0.4 is 5.32 Å². The molecule has 2 aliphatic rings. The van der Waals surface area contributed by atoms with Crippen LogP contribution in [-0.4, -0.2) is 36.3 Å². The van der Waals surface area contributed by atoms with Crippen molar-refractivity contribution in [1.82, 2.24) is 10.2 Å². The zero-order valence-electron chi connectivity index (χ0n) is 13.3. The van der Waals surface area contributed by atoms with Crippen LogP contribution in [0.3, 0.4) is 0 Å². The van der Waals surface area contributed by atoms with E-state index in [0.717, 1.165) is 37.8 Å². The van der Waals surface area contributed by atoms with E-state index in [1.807, 2.05) is 4.90 Å². The molecule has 3 rings (SSSR count). The van der Waals surface area contributed by atoms with Crippen molar-refractivity contribution in [2.24, 2.45) is 11.8 Å². The SMILES string of the molecule is O=C(NCCc1ccc(F)cc1)[C@@H]1CCCN(C(=O)C2CC2)C1. The predicted octanol–water partition coefficient (Wildman–Crippen LogP) is 2.13. The first-order chi connectivity index (χ1) is 11.1. The van der Waals surface area contributed by atoms with E-state index >= 15 is 0 Å². The first-order valence-electron chi connectivity index (χ1n) is 8.44. The monoisotopic (exact) mass is 318 g/mol. The van der Waals surface area contributed by atoms with Crippen LogP contribution in [0.4, 0.5) is 4.39 Å². The van der Waals surface area contributed by atoms with Crippen LogP contribution in [0.25, 0.3) is 0 Å². The smallest absolute Gasteiger partial charge is 0.225 e. The summed E-state index contributed by atoms with van der Waals surface area (Å²) < 4.78 is 12.8. The second-order valence-corrected chi connectivity index (χ2v) is 6.57. The number of carbonyl (C=O) groups is 2. The summed E-state index contributed by atoms with van der Waals surface area (Å²) in [5, 5.41) is 2.95. The van der Waals surface area contributed by atoms with Gasteiger partial charge in [-0.1, -0.05) is 12.1 Å². The van der Waals surface area contributed by atoms with Gasteiger partial charge in [-0.25, -0.2) is 4.39 Å². The summed E-state index contributed by atoms with van der Waals surface area (Å²) in [6.45, 7) is 1.88. The van der Waals surface area contributed by atoms with Crippen molar-refractivity contribution in [1.29, 1.82) is 0 Å². The number of nitrogens with one attached hydrogen (secondary N) is 1. The molecule has 4 nitrogen and oxygen atoms in total. The van der Waals surface area contributed by atoms with Gasteiger partial charge in [0.2, 0.25) is 11.8 Å². The van der Waals surface area contributed by atoms with Crippen LogP contribution in [0.1, 0.15) is 31.2 Å². The van der Waals surface area contributed by atoms with E-state index in [1.165, 1.54) is 12.1 Å². The van der Waals surface area contributed by atoms with Gasteiger partial charge in [0.1, 0.15) is 5.82 Å². The van der Waals surface area contributed by atoms with E-state index in [1.54, 1.807) is 12.1 Å². The number of halogens is 1. The Labute approximate surface area is 136 Å². The summed E-state index contributed by atoms with van der Waals surface area (Å²) in [5.74, 6) is 0.129. The summed E-state index contributed by atoms with van der Waals surface area (Å²) in [5.41, 5.74) is 1.00. The molecule has 1 aromatic rings. The molecule has 0 spiro atoms. The molecule has 2 amide bonds. The zero-order valence-corrected chi connectivity index (χ0v) is 13.3. The molecule has 1 heterocycles. The lowest BCUT2D eigenvalue weighted by Crippen LogP contribution is -2.46. The number of hydrogen-bond acceptors (Lipinski definition) is 2. The highest BCUT2D eigenvalue weighted by atomic mass is 19.1. The van der Waals surface area contributed by atoms with E-state index in [4.69, 9.17) is 0 Å². The van der Waals surface area contributed by atoms with Crippen molar-refractivity contribution in [3.8, 4) is 0 Å². The van der Waals surface area contributed by atoms with Gasteiger partial charge in [-0.3, -0.25) is 9.59 Å². The van der Waals surface area contributed by atoms with E-state index in [-0.39, 0.29) is 29.5 Å². The lowest BCUT2D eigenvalue weighted by atomic mass is 9.96. The predicted molar refractivity (Wildman–Crippen MR) is 85.1 cm³/mol. The molecule has 0 aromatic heterocycles. The van der Waals surface area contributed by atoms with E-state index in [2.05, 4.69) is 5.32 Å². The Balaban J connectivity index is 1.43. The Morgan fingerprint density at radius 3 is 2.57 bits per heavy atom. The van der Waals surface area contributed by atoms with Crippen LogP contribution in [0.2, 0.25) is 0 Å². The topological polar surface area (TPSA) is 49.4 Å². The third kappa shape index (κ3) is 4.30. The van der Waals surface area contributed by atoms with Gasteiger partial charge in [0.25, 0.3) is 0 Å². The molecule has 0 unspecified atom stereocenters. The molecule has 5 heteroatoms. The van der Waals surface area contributed by atoms with Crippen LogP contribution in [-0.2, 0) is 16.0 Å². The summed E-state index contributed by atoms with van der Waals surface area (Å²) in [4.78, 5) is 26.3. The number of benzene rings is 1. The van der Waals surface area contributed by atoms with Gasteiger partial charge in [-0.2, -0.15) is 0 Å². The summed E-state index contributed by atoms with van der Waals surface area (Å²) in [7, 11) is 0. The largest absolute Gasteiger partial charge is 0.355 e. The number of hydrogen-bond donors (Lipinski definition) is 1. The number of carbonyl (C=O) groups excluding carboxylic acids is 2. The average Bonchev–Trinajstić information content (AvgIpc) is 3.41. The normalized spacial score (nSPS) is 21.1. The van der Waals surface area contributed by atoms with Crippen molar-refractivity contribution < 1.29 is 14.0 Å². The molecule has 23 heavy (non-hydrogen) atoms. The Hall–Kier alpha value is -1.91. The molecule has 1 saturated heterocycles. The van der Waals surface area contributed by atoms with Crippen molar-refractivity contribution in [3.63, 3.8) is 0 Å². The van der Waals surface area contributed by atoms with Gasteiger partial charge in [-0.15, -0.1) is 0 Å². The van der Waals surface area contributed by atoms with Gasteiger partial charge < -0.3 is 10.2 Å². The highest BCUT2D eigenvalue weighted by Gasteiger charge is 2.36. The number of likely N-dealkylation sites (tertiary alicyclic amines) is 1. The molecule has 1 N–H and O–H groups in total. The van der Waals surface area contributed by atoms with Crippen molar-refractivity contribution in [2.45, 2.75) is 32.1 Å². The maximum absolute atomic E-state index is 12.8. The van der Waals surface area contributed by atoms with Gasteiger partial charge in [0.15, 0.2) is 0 Å². The molecule has 124 valence electrons. The first kappa shape index (κ1) is 16.0. The summed E-state index contributed by atoms with van der Waals surface area (Å²) in [6.07, 6.45) is 4.43. The zero-order chi connectivity index (χ0) is 16.2. The molecule has 2 fully saturated rings. The molecule has 1 aliphatic carbocycles. The van der Waals surface area contributed by atoms with Gasteiger partial charge in [0.05, 0.1) is 5.92 Å². The molecular formula is C18H23FN2O2. The third-order valence-electron chi connectivity index (χ3n) is 4.66. The number of nitrogens with zero attached hydrogens (tertiary/aromatic N) is 1. The molecule has 1 aliphatic heterocycles. The fraction of sp³-hybridized carbons (Fsp3) is 0.556. The summed E-state index contributed by atoms with van der Waals surface area (Å²) in [6, 6.07) is 6.33. The minimum Gasteiger partial charge on any atom is -0.355 e. The Morgan fingerprint density at radius 1 is 1.13 bits per heavy atom. The average molecular weight is 318 g/mol.